The van der Waals surface area contributed by atoms with Gasteiger partial charge in [-0.25, -0.2) is 0 Å². The van der Waals surface area contributed by atoms with Crippen LogP contribution in [-0.2, 0) is 9.53 Å². The Bertz CT molecular complexity index is 194. The number of aliphatic hydroxyl groups is 4. The number of ether oxygens (including phenoxy) is 1. The molecule has 0 aromatic carbocycles. The zero-order chi connectivity index (χ0) is 21.6. The third kappa shape index (κ3) is 77.7. The Labute approximate surface area is 166 Å². The van der Waals surface area contributed by atoms with Crippen LogP contribution in [0.25, 0.3) is 0 Å². The Hall–Kier alpha value is -0.730. The number of carbonyl (C=O) groups is 1. The molecule has 0 fully saturated rings. The molecular weight excluding hydrogens is 352 g/mol. The van der Waals surface area contributed by atoms with Crippen LogP contribution in [0.4, 0.5) is 0 Å². The molecule has 5 N–H and O–H groups in total. The maximum Gasteiger partial charge on any atom is 0.300 e. The first-order valence-corrected chi connectivity index (χ1v) is 10.2. The van der Waals surface area contributed by atoms with Gasteiger partial charge in [0.05, 0.1) is 0 Å². The van der Waals surface area contributed by atoms with Crippen molar-refractivity contribution in [2.75, 3.05) is 39.6 Å². The quantitative estimate of drug-likeness (QED) is 0.285. The van der Waals surface area contributed by atoms with Crippen molar-refractivity contribution in [2.24, 2.45) is 0 Å². The van der Waals surface area contributed by atoms with Crippen LogP contribution in [0.3, 0.4) is 0 Å². The van der Waals surface area contributed by atoms with Crippen molar-refractivity contribution in [2.45, 2.75) is 85.0 Å². The SMILES string of the molecule is CC(=O)O.CCOCC.OCCCCCCCO.OCCCCCCCO. The molecule has 0 rings (SSSR count). The predicted octanol–water partition coefficient (Wildman–Crippen LogP) is 2.98. The predicted molar refractivity (Wildman–Crippen MR) is 110 cm³/mol. The molecule has 27 heavy (non-hydrogen) atoms. The summed E-state index contributed by atoms with van der Waals surface area (Å²) < 4.78 is 4.83. The van der Waals surface area contributed by atoms with Gasteiger partial charge < -0.3 is 30.3 Å². The van der Waals surface area contributed by atoms with E-state index in [0.717, 1.165) is 84.3 Å². The standard InChI is InChI=1S/2C7H16O2.C4H10O.C2H4O2/c2*8-6-4-2-1-3-5-7-9;1-3-5-4-2;1-2(3)4/h2*8-9H,1-7H2;3-4H2,1-2H3;1H3,(H,3,4). The number of hydrogen-bond donors (Lipinski definition) is 5. The van der Waals surface area contributed by atoms with Gasteiger partial charge in [-0.15, -0.1) is 0 Å². The third-order valence-electron chi connectivity index (χ3n) is 3.04. The topological polar surface area (TPSA) is 127 Å². The highest BCUT2D eigenvalue weighted by Crippen LogP contribution is 2.01. The molecule has 0 saturated carbocycles. The minimum absolute atomic E-state index is 0.305. The van der Waals surface area contributed by atoms with E-state index < -0.39 is 5.97 Å². The summed E-state index contributed by atoms with van der Waals surface area (Å²) >= 11 is 0. The largest absolute Gasteiger partial charge is 0.481 e. The lowest BCUT2D eigenvalue weighted by Gasteiger charge is -1.95. The molecule has 7 heteroatoms. The van der Waals surface area contributed by atoms with E-state index in [1.54, 1.807) is 0 Å². The van der Waals surface area contributed by atoms with E-state index >= 15 is 0 Å². The molecule has 0 amide bonds. The van der Waals surface area contributed by atoms with Gasteiger partial charge in [-0.3, -0.25) is 4.79 Å². The van der Waals surface area contributed by atoms with Crippen molar-refractivity contribution >= 4 is 5.97 Å². The molecule has 0 aliphatic heterocycles. The number of aliphatic hydroxyl groups excluding tert-OH is 4. The number of carboxylic acids is 1. The van der Waals surface area contributed by atoms with Crippen molar-refractivity contribution < 1.29 is 35.1 Å². The van der Waals surface area contributed by atoms with Gasteiger partial charge in [-0.2, -0.15) is 0 Å². The number of unbranched alkanes of at least 4 members (excludes halogenated alkanes) is 8. The second-order valence-corrected chi connectivity index (χ2v) is 5.73. The summed E-state index contributed by atoms with van der Waals surface area (Å²) in [4.78, 5) is 9.00. The van der Waals surface area contributed by atoms with E-state index in [0.29, 0.717) is 26.4 Å². The van der Waals surface area contributed by atoms with Crippen LogP contribution in [0.2, 0.25) is 0 Å². The van der Waals surface area contributed by atoms with Crippen LogP contribution in [-0.4, -0.2) is 71.1 Å². The number of rotatable bonds is 14. The normalized spacial score (nSPS) is 9.15. The Balaban J connectivity index is -0.000000138. The summed E-state index contributed by atoms with van der Waals surface area (Å²) in [5, 5.41) is 40.9. The van der Waals surface area contributed by atoms with Crippen LogP contribution in [0.15, 0.2) is 0 Å². The van der Waals surface area contributed by atoms with Gasteiger partial charge in [0.2, 0.25) is 0 Å². The Morgan fingerprint density at radius 3 is 0.889 bits per heavy atom. The molecule has 0 atom stereocenters. The molecule has 0 aromatic rings. The van der Waals surface area contributed by atoms with E-state index in [2.05, 4.69) is 0 Å². The zero-order valence-corrected chi connectivity index (χ0v) is 17.9. The first-order chi connectivity index (χ1) is 13.0. The van der Waals surface area contributed by atoms with Gasteiger partial charge in [0.1, 0.15) is 0 Å². The van der Waals surface area contributed by atoms with Gasteiger partial charge >= 0.3 is 0 Å². The van der Waals surface area contributed by atoms with E-state index in [9.17, 15) is 0 Å². The molecular formula is C20H46O7. The van der Waals surface area contributed by atoms with Gasteiger partial charge in [0.15, 0.2) is 0 Å². The van der Waals surface area contributed by atoms with Gasteiger partial charge in [-0.05, 0) is 39.5 Å². The average Bonchev–Trinajstić information content (AvgIpc) is 2.63. The number of hydrogen-bond acceptors (Lipinski definition) is 6. The number of carboxylic acid groups (broad SMARTS) is 1. The Morgan fingerprint density at radius 2 is 0.778 bits per heavy atom. The minimum atomic E-state index is -0.833. The first-order valence-electron chi connectivity index (χ1n) is 10.2. The molecule has 0 heterocycles. The summed E-state index contributed by atoms with van der Waals surface area (Å²) in [6.07, 6.45) is 10.3. The monoisotopic (exact) mass is 398 g/mol. The lowest BCUT2D eigenvalue weighted by molar-refractivity contribution is -0.134. The average molecular weight is 399 g/mol. The zero-order valence-electron chi connectivity index (χ0n) is 17.9. The fraction of sp³-hybridized carbons (Fsp3) is 0.950. The van der Waals surface area contributed by atoms with Crippen LogP contribution in [0.5, 0.6) is 0 Å². The number of aliphatic carboxylic acids is 1. The van der Waals surface area contributed by atoms with Crippen molar-refractivity contribution in [3.8, 4) is 0 Å². The van der Waals surface area contributed by atoms with Crippen LogP contribution >= 0.6 is 0 Å². The maximum atomic E-state index is 9.00. The van der Waals surface area contributed by atoms with Gasteiger partial charge in [0.25, 0.3) is 5.97 Å². The van der Waals surface area contributed by atoms with E-state index in [-0.39, 0.29) is 0 Å². The highest BCUT2D eigenvalue weighted by atomic mass is 16.5. The van der Waals surface area contributed by atoms with Crippen LogP contribution < -0.4 is 0 Å². The summed E-state index contributed by atoms with van der Waals surface area (Å²) in [5.41, 5.74) is 0. The lowest BCUT2D eigenvalue weighted by atomic mass is 10.2. The molecule has 168 valence electrons. The van der Waals surface area contributed by atoms with E-state index in [1.807, 2.05) is 13.8 Å². The summed E-state index contributed by atoms with van der Waals surface area (Å²) in [7, 11) is 0. The maximum absolute atomic E-state index is 9.00. The van der Waals surface area contributed by atoms with Crippen LogP contribution in [0, 0.1) is 0 Å². The molecule has 0 saturated heterocycles. The fourth-order valence-electron chi connectivity index (χ4n) is 1.71. The summed E-state index contributed by atoms with van der Waals surface area (Å²) in [6.45, 7) is 7.97. The van der Waals surface area contributed by atoms with Crippen LogP contribution in [0.1, 0.15) is 85.0 Å². The summed E-state index contributed by atoms with van der Waals surface area (Å²) in [6, 6.07) is 0. The second kappa shape index (κ2) is 40.1. The smallest absolute Gasteiger partial charge is 0.300 e. The van der Waals surface area contributed by atoms with E-state index in [4.69, 9.17) is 35.1 Å². The molecule has 0 aliphatic rings. The molecule has 7 nitrogen and oxygen atoms in total. The molecule has 0 radical (unpaired) electrons. The summed E-state index contributed by atoms with van der Waals surface area (Å²) in [5.74, 6) is -0.833. The molecule has 0 bridgehead atoms. The molecule has 0 aromatic heterocycles. The van der Waals surface area contributed by atoms with Crippen molar-refractivity contribution in [3.63, 3.8) is 0 Å². The highest BCUT2D eigenvalue weighted by molar-refractivity contribution is 5.62. The molecule has 0 aliphatic carbocycles. The first kappa shape index (κ1) is 33.8. The molecule has 0 spiro atoms. The Morgan fingerprint density at radius 1 is 0.593 bits per heavy atom. The molecule has 0 unspecified atom stereocenters. The van der Waals surface area contributed by atoms with Crippen molar-refractivity contribution in [1.82, 2.24) is 0 Å². The van der Waals surface area contributed by atoms with Gasteiger partial charge in [0, 0.05) is 46.6 Å². The second-order valence-electron chi connectivity index (χ2n) is 5.73. The van der Waals surface area contributed by atoms with Crippen molar-refractivity contribution in [1.29, 1.82) is 0 Å². The lowest BCUT2D eigenvalue weighted by Crippen LogP contribution is -1.85. The van der Waals surface area contributed by atoms with Gasteiger partial charge in [-0.1, -0.05) is 38.5 Å². The minimum Gasteiger partial charge on any atom is -0.481 e. The fourth-order valence-corrected chi connectivity index (χ4v) is 1.71. The van der Waals surface area contributed by atoms with Crippen molar-refractivity contribution in [3.05, 3.63) is 0 Å². The Kier molecular flexibility index (Phi) is 50.2. The third-order valence-corrected chi connectivity index (χ3v) is 3.04. The van der Waals surface area contributed by atoms with E-state index in [1.165, 1.54) is 0 Å². The highest BCUT2D eigenvalue weighted by Gasteiger charge is 1.87.